The topological polar surface area (TPSA) is 98.6 Å². The lowest BCUT2D eigenvalue weighted by Gasteiger charge is -2.33. The average Bonchev–Trinajstić information content (AvgIpc) is 3.35. The predicted octanol–water partition coefficient (Wildman–Crippen LogP) is 3.36. The summed E-state index contributed by atoms with van der Waals surface area (Å²) in [4.78, 5) is 31.7. The van der Waals surface area contributed by atoms with E-state index in [1.165, 1.54) is 12.0 Å². The molecule has 33 heavy (non-hydrogen) atoms. The van der Waals surface area contributed by atoms with Gasteiger partial charge in [-0.2, -0.15) is 10.1 Å². The fourth-order valence-corrected chi connectivity index (χ4v) is 3.73. The number of nitrogens with zero attached hydrogens (tertiary/aromatic N) is 4. The minimum Gasteiger partial charge on any atom is -0.481 e. The number of ether oxygens (including phenoxy) is 2. The van der Waals surface area contributed by atoms with Crippen LogP contribution in [0.3, 0.4) is 0 Å². The van der Waals surface area contributed by atoms with Crippen molar-refractivity contribution in [2.45, 2.75) is 33.3 Å². The zero-order valence-corrected chi connectivity index (χ0v) is 19.1. The molecule has 1 aliphatic heterocycles. The first-order valence-electron chi connectivity index (χ1n) is 10.8. The van der Waals surface area contributed by atoms with Gasteiger partial charge in [-0.1, -0.05) is 13.8 Å². The summed E-state index contributed by atoms with van der Waals surface area (Å²) in [6.07, 6.45) is 3.52. The molecule has 0 spiro atoms. The van der Waals surface area contributed by atoms with E-state index in [9.17, 15) is 9.59 Å². The highest BCUT2D eigenvalue weighted by molar-refractivity contribution is 6.10. The van der Waals surface area contributed by atoms with Gasteiger partial charge >= 0.3 is 0 Å². The Morgan fingerprint density at radius 2 is 2.09 bits per heavy atom. The Morgan fingerprint density at radius 1 is 1.27 bits per heavy atom. The van der Waals surface area contributed by atoms with Gasteiger partial charge in [-0.3, -0.25) is 14.5 Å². The molecule has 0 bridgehead atoms. The van der Waals surface area contributed by atoms with E-state index in [1.54, 1.807) is 23.0 Å². The molecule has 1 N–H and O–H groups in total. The molecule has 172 valence electrons. The van der Waals surface area contributed by atoms with E-state index in [4.69, 9.17) is 9.47 Å². The van der Waals surface area contributed by atoms with Crippen molar-refractivity contribution < 1.29 is 19.1 Å². The van der Waals surface area contributed by atoms with Gasteiger partial charge in [0.25, 0.3) is 5.91 Å². The molecule has 3 heterocycles. The van der Waals surface area contributed by atoms with Crippen LogP contribution >= 0.6 is 0 Å². The second-order valence-electron chi connectivity index (χ2n) is 8.02. The lowest BCUT2D eigenvalue weighted by Crippen LogP contribution is -2.50. The van der Waals surface area contributed by atoms with Gasteiger partial charge in [-0.15, -0.1) is 0 Å². The summed E-state index contributed by atoms with van der Waals surface area (Å²) in [5, 5.41) is 7.03. The number of rotatable bonds is 7. The Balaban J connectivity index is 1.64. The highest BCUT2D eigenvalue weighted by Crippen LogP contribution is 2.32. The van der Waals surface area contributed by atoms with Crippen LogP contribution < -0.4 is 19.7 Å². The zero-order chi connectivity index (χ0) is 23.5. The van der Waals surface area contributed by atoms with Crippen LogP contribution in [0.5, 0.6) is 11.6 Å². The predicted molar refractivity (Wildman–Crippen MR) is 124 cm³/mol. The van der Waals surface area contributed by atoms with Gasteiger partial charge in [0.15, 0.2) is 11.9 Å². The van der Waals surface area contributed by atoms with E-state index >= 15 is 0 Å². The number of nitrogens with one attached hydrogen (secondary N) is 1. The first-order valence-corrected chi connectivity index (χ1v) is 10.8. The molecule has 2 amide bonds. The number of methoxy groups -OCH3 is 1. The van der Waals surface area contributed by atoms with Gasteiger partial charge in [0.05, 0.1) is 18.5 Å². The summed E-state index contributed by atoms with van der Waals surface area (Å²) >= 11 is 0. The third-order valence-corrected chi connectivity index (χ3v) is 5.74. The molecule has 0 fully saturated rings. The standard InChI is InChI=1S/C24H27N5O4/c1-5-15(2)22(33-17-7-9-19(16(3)13-17)29-12-6-11-25-29)24(31)28-14-20(30)26-18-8-10-21(32-4)27-23(18)28/h6-13,15,22H,5,14H2,1-4H3,(H,26,30). The molecule has 1 aliphatic rings. The summed E-state index contributed by atoms with van der Waals surface area (Å²) in [5.74, 6) is 0.569. The Hall–Kier alpha value is -3.88. The van der Waals surface area contributed by atoms with Crippen molar-refractivity contribution in [1.29, 1.82) is 0 Å². The number of aryl methyl sites for hydroxylation is 1. The first-order chi connectivity index (χ1) is 15.9. The van der Waals surface area contributed by atoms with Gasteiger partial charge in [0.1, 0.15) is 12.3 Å². The summed E-state index contributed by atoms with van der Waals surface area (Å²) in [5.41, 5.74) is 2.35. The number of benzene rings is 1. The van der Waals surface area contributed by atoms with Gasteiger partial charge in [0, 0.05) is 24.4 Å². The number of carbonyl (C=O) groups is 2. The summed E-state index contributed by atoms with van der Waals surface area (Å²) in [6, 6.07) is 10.8. The number of amides is 2. The number of fused-ring (bicyclic) bond motifs is 1. The first kappa shape index (κ1) is 22.3. The van der Waals surface area contributed by atoms with Crippen LogP contribution in [0, 0.1) is 12.8 Å². The van der Waals surface area contributed by atoms with Crippen molar-refractivity contribution in [3.63, 3.8) is 0 Å². The molecule has 9 heteroatoms. The molecule has 1 aromatic carbocycles. The molecule has 0 saturated heterocycles. The number of hydrogen-bond acceptors (Lipinski definition) is 6. The molecule has 0 radical (unpaired) electrons. The Bertz CT molecular complexity index is 1160. The largest absolute Gasteiger partial charge is 0.481 e. The molecule has 2 aromatic heterocycles. The normalized spacial score (nSPS) is 14.8. The molecule has 4 rings (SSSR count). The molecular weight excluding hydrogens is 422 g/mol. The van der Waals surface area contributed by atoms with Gasteiger partial charge in [-0.25, -0.2) is 4.68 Å². The lowest BCUT2D eigenvalue weighted by molar-refractivity contribution is -0.129. The monoisotopic (exact) mass is 449 g/mol. The van der Waals surface area contributed by atoms with Crippen molar-refractivity contribution in [3.05, 3.63) is 54.4 Å². The minimum absolute atomic E-state index is 0.0948. The fourth-order valence-electron chi connectivity index (χ4n) is 3.73. The third kappa shape index (κ3) is 4.52. The van der Waals surface area contributed by atoms with Crippen molar-refractivity contribution in [3.8, 4) is 17.3 Å². The molecular formula is C24H27N5O4. The number of hydrogen-bond donors (Lipinski definition) is 1. The smallest absolute Gasteiger partial charge is 0.270 e. The number of anilines is 2. The van der Waals surface area contributed by atoms with Crippen LogP contribution in [0.2, 0.25) is 0 Å². The highest BCUT2D eigenvalue weighted by Gasteiger charge is 2.36. The quantitative estimate of drug-likeness (QED) is 0.594. The second-order valence-corrected chi connectivity index (χ2v) is 8.02. The molecule has 0 saturated carbocycles. The van der Waals surface area contributed by atoms with Crippen LogP contribution in [0.4, 0.5) is 11.5 Å². The van der Waals surface area contributed by atoms with Gasteiger partial charge in [0.2, 0.25) is 11.8 Å². The van der Waals surface area contributed by atoms with E-state index in [0.29, 0.717) is 23.1 Å². The lowest BCUT2D eigenvalue weighted by atomic mass is 10.00. The van der Waals surface area contributed by atoms with E-state index < -0.39 is 6.10 Å². The molecule has 2 atom stereocenters. The SMILES string of the molecule is CCC(C)C(Oc1ccc(-n2cccn2)c(C)c1)C(=O)N1CC(=O)Nc2ccc(OC)nc21. The van der Waals surface area contributed by atoms with E-state index in [0.717, 1.165) is 17.7 Å². The van der Waals surface area contributed by atoms with E-state index in [2.05, 4.69) is 15.4 Å². The maximum atomic E-state index is 13.7. The molecule has 0 aliphatic carbocycles. The van der Waals surface area contributed by atoms with Crippen LogP contribution in [0.1, 0.15) is 25.8 Å². The maximum absolute atomic E-state index is 13.7. The van der Waals surface area contributed by atoms with Crippen LogP contribution in [-0.4, -0.2) is 46.3 Å². The summed E-state index contributed by atoms with van der Waals surface area (Å²) < 4.78 is 13.2. The number of aromatic nitrogens is 3. The Kier molecular flexibility index (Phi) is 6.30. The summed E-state index contributed by atoms with van der Waals surface area (Å²) in [6.45, 7) is 5.78. The number of pyridine rings is 1. The van der Waals surface area contributed by atoms with Crippen molar-refractivity contribution >= 4 is 23.3 Å². The van der Waals surface area contributed by atoms with Crippen LogP contribution in [0.25, 0.3) is 5.69 Å². The van der Waals surface area contributed by atoms with Crippen molar-refractivity contribution in [2.75, 3.05) is 23.9 Å². The Morgan fingerprint density at radius 3 is 2.76 bits per heavy atom. The third-order valence-electron chi connectivity index (χ3n) is 5.74. The molecule has 3 aromatic rings. The maximum Gasteiger partial charge on any atom is 0.270 e. The van der Waals surface area contributed by atoms with Crippen LogP contribution in [0.15, 0.2) is 48.8 Å². The van der Waals surface area contributed by atoms with Crippen LogP contribution in [-0.2, 0) is 9.59 Å². The van der Waals surface area contributed by atoms with Crippen molar-refractivity contribution in [1.82, 2.24) is 14.8 Å². The van der Waals surface area contributed by atoms with Gasteiger partial charge < -0.3 is 14.8 Å². The van der Waals surface area contributed by atoms with Crippen molar-refractivity contribution in [2.24, 2.45) is 5.92 Å². The highest BCUT2D eigenvalue weighted by atomic mass is 16.5. The fraction of sp³-hybridized carbons (Fsp3) is 0.333. The number of carbonyl (C=O) groups excluding carboxylic acids is 2. The molecule has 9 nitrogen and oxygen atoms in total. The molecule has 2 unspecified atom stereocenters. The van der Waals surface area contributed by atoms with E-state index in [1.807, 2.05) is 51.2 Å². The van der Waals surface area contributed by atoms with Gasteiger partial charge in [-0.05, 0) is 49.2 Å². The minimum atomic E-state index is -0.795. The summed E-state index contributed by atoms with van der Waals surface area (Å²) in [7, 11) is 1.50. The zero-order valence-electron chi connectivity index (χ0n) is 19.1. The average molecular weight is 450 g/mol. The Labute approximate surface area is 192 Å². The van der Waals surface area contributed by atoms with E-state index in [-0.39, 0.29) is 24.3 Å². The second kappa shape index (κ2) is 9.32.